The SMILES string of the molecule is CN(C)c1cc(Cl)cc2nonc12. The lowest BCUT2D eigenvalue weighted by molar-refractivity contribution is 0.315. The van der Waals surface area contributed by atoms with E-state index in [0.29, 0.717) is 10.5 Å². The minimum absolute atomic E-state index is 0.631. The van der Waals surface area contributed by atoms with Crippen molar-refractivity contribution in [2.75, 3.05) is 19.0 Å². The number of benzene rings is 1. The van der Waals surface area contributed by atoms with Crippen molar-refractivity contribution >= 4 is 28.3 Å². The van der Waals surface area contributed by atoms with Crippen LogP contribution in [0.15, 0.2) is 16.8 Å². The number of hydrogen-bond donors (Lipinski definition) is 0. The van der Waals surface area contributed by atoms with E-state index in [4.69, 9.17) is 11.6 Å². The van der Waals surface area contributed by atoms with Crippen LogP contribution in [0.1, 0.15) is 0 Å². The number of hydrogen-bond acceptors (Lipinski definition) is 4. The van der Waals surface area contributed by atoms with Gasteiger partial charge in [0.15, 0.2) is 5.52 Å². The second-order valence-electron chi connectivity index (χ2n) is 2.95. The first-order chi connectivity index (χ1) is 6.18. The third-order valence-corrected chi connectivity index (χ3v) is 2.01. The standard InChI is InChI=1S/C8H8ClN3O/c1-12(2)7-4-5(9)3-6-8(7)11-13-10-6/h3-4H,1-2H3. The van der Waals surface area contributed by atoms with E-state index in [9.17, 15) is 0 Å². The van der Waals surface area contributed by atoms with Gasteiger partial charge in [-0.1, -0.05) is 11.6 Å². The Bertz CT molecular complexity index is 438. The van der Waals surface area contributed by atoms with Gasteiger partial charge in [0.1, 0.15) is 5.52 Å². The molecule has 0 bridgehead atoms. The van der Waals surface area contributed by atoms with E-state index in [1.54, 1.807) is 6.07 Å². The summed E-state index contributed by atoms with van der Waals surface area (Å²) in [4.78, 5) is 1.92. The first-order valence-corrected chi connectivity index (χ1v) is 4.15. The third kappa shape index (κ3) is 1.33. The second kappa shape index (κ2) is 2.88. The topological polar surface area (TPSA) is 42.2 Å². The predicted octanol–water partition coefficient (Wildman–Crippen LogP) is 1.94. The molecule has 0 fully saturated rings. The zero-order chi connectivity index (χ0) is 9.42. The molecular weight excluding hydrogens is 190 g/mol. The van der Waals surface area contributed by atoms with Crippen LogP contribution in [0, 0.1) is 0 Å². The fourth-order valence-electron chi connectivity index (χ4n) is 1.18. The molecule has 4 nitrogen and oxygen atoms in total. The van der Waals surface area contributed by atoms with Gasteiger partial charge in [-0.25, -0.2) is 4.63 Å². The van der Waals surface area contributed by atoms with Crippen molar-refractivity contribution in [1.29, 1.82) is 0 Å². The number of halogens is 1. The molecular formula is C8H8ClN3O. The van der Waals surface area contributed by atoms with Crippen molar-refractivity contribution in [2.45, 2.75) is 0 Å². The van der Waals surface area contributed by atoms with Gasteiger partial charge in [0.05, 0.1) is 5.69 Å². The number of nitrogens with zero attached hydrogens (tertiary/aromatic N) is 3. The Labute approximate surface area is 80.0 Å². The van der Waals surface area contributed by atoms with Crippen LogP contribution in [0.2, 0.25) is 5.02 Å². The predicted molar refractivity (Wildman–Crippen MR) is 51.1 cm³/mol. The number of aromatic nitrogens is 2. The maximum absolute atomic E-state index is 5.89. The van der Waals surface area contributed by atoms with Gasteiger partial charge >= 0.3 is 0 Å². The zero-order valence-corrected chi connectivity index (χ0v) is 8.04. The lowest BCUT2D eigenvalue weighted by atomic mass is 10.2. The van der Waals surface area contributed by atoms with Crippen LogP contribution in [0.25, 0.3) is 11.0 Å². The van der Waals surface area contributed by atoms with Crippen molar-refractivity contribution in [3.8, 4) is 0 Å². The van der Waals surface area contributed by atoms with E-state index in [0.717, 1.165) is 11.2 Å². The van der Waals surface area contributed by atoms with Crippen molar-refractivity contribution in [2.24, 2.45) is 0 Å². The Morgan fingerprint density at radius 2 is 2.08 bits per heavy atom. The van der Waals surface area contributed by atoms with Gasteiger partial charge in [0.25, 0.3) is 0 Å². The summed E-state index contributed by atoms with van der Waals surface area (Å²) in [6.45, 7) is 0. The summed E-state index contributed by atoms with van der Waals surface area (Å²) in [5.74, 6) is 0. The van der Waals surface area contributed by atoms with Gasteiger partial charge in [-0.05, 0) is 22.4 Å². The average Bonchev–Trinajstić information content (AvgIpc) is 2.49. The van der Waals surface area contributed by atoms with E-state index >= 15 is 0 Å². The summed E-state index contributed by atoms with van der Waals surface area (Å²) in [6.07, 6.45) is 0. The van der Waals surface area contributed by atoms with Gasteiger partial charge in [-0.15, -0.1) is 0 Å². The van der Waals surface area contributed by atoms with Gasteiger partial charge in [-0.2, -0.15) is 0 Å². The van der Waals surface area contributed by atoms with E-state index in [-0.39, 0.29) is 0 Å². The Kier molecular flexibility index (Phi) is 1.84. The van der Waals surface area contributed by atoms with E-state index < -0.39 is 0 Å². The van der Waals surface area contributed by atoms with Gasteiger partial charge in [0.2, 0.25) is 0 Å². The highest BCUT2D eigenvalue weighted by Crippen LogP contribution is 2.26. The molecule has 13 heavy (non-hydrogen) atoms. The average molecular weight is 198 g/mol. The van der Waals surface area contributed by atoms with E-state index in [1.807, 2.05) is 25.1 Å². The van der Waals surface area contributed by atoms with E-state index in [1.165, 1.54) is 0 Å². The normalized spacial score (nSPS) is 10.7. The van der Waals surface area contributed by atoms with Crippen LogP contribution in [0.5, 0.6) is 0 Å². The molecule has 2 aromatic rings. The highest BCUT2D eigenvalue weighted by Gasteiger charge is 2.09. The monoisotopic (exact) mass is 197 g/mol. The quantitative estimate of drug-likeness (QED) is 0.701. The second-order valence-corrected chi connectivity index (χ2v) is 3.39. The van der Waals surface area contributed by atoms with Gasteiger partial charge < -0.3 is 4.90 Å². The van der Waals surface area contributed by atoms with E-state index in [2.05, 4.69) is 14.9 Å². The molecule has 0 N–H and O–H groups in total. The van der Waals surface area contributed by atoms with Crippen LogP contribution in [-0.2, 0) is 0 Å². The molecule has 1 aromatic carbocycles. The van der Waals surface area contributed by atoms with Crippen LogP contribution >= 0.6 is 11.6 Å². The largest absolute Gasteiger partial charge is 0.376 e. The maximum atomic E-state index is 5.89. The summed E-state index contributed by atoms with van der Waals surface area (Å²) < 4.78 is 4.63. The summed E-state index contributed by atoms with van der Waals surface area (Å²) in [5, 5.41) is 8.15. The molecule has 5 heteroatoms. The van der Waals surface area contributed by atoms with Crippen molar-refractivity contribution in [3.63, 3.8) is 0 Å². The summed E-state index contributed by atoms with van der Waals surface area (Å²) in [7, 11) is 3.83. The van der Waals surface area contributed by atoms with Crippen LogP contribution in [0.4, 0.5) is 5.69 Å². The molecule has 0 aliphatic carbocycles. The third-order valence-electron chi connectivity index (χ3n) is 1.79. The molecule has 0 saturated heterocycles. The molecule has 0 aliphatic heterocycles. The van der Waals surface area contributed by atoms with Crippen LogP contribution in [-0.4, -0.2) is 24.4 Å². The molecule has 0 atom stereocenters. The van der Waals surface area contributed by atoms with Gasteiger partial charge in [0, 0.05) is 19.1 Å². The molecule has 1 heterocycles. The van der Waals surface area contributed by atoms with Crippen LogP contribution < -0.4 is 4.90 Å². The highest BCUT2D eigenvalue weighted by atomic mass is 35.5. The van der Waals surface area contributed by atoms with Crippen LogP contribution in [0.3, 0.4) is 0 Å². The first kappa shape index (κ1) is 8.31. The van der Waals surface area contributed by atoms with Crippen molar-refractivity contribution in [1.82, 2.24) is 10.3 Å². The molecule has 0 amide bonds. The molecule has 0 radical (unpaired) electrons. The molecule has 0 aliphatic rings. The molecule has 0 unspecified atom stereocenters. The molecule has 0 spiro atoms. The summed E-state index contributed by atoms with van der Waals surface area (Å²) in [6, 6.07) is 3.55. The van der Waals surface area contributed by atoms with Crippen molar-refractivity contribution < 1.29 is 4.63 Å². The fraction of sp³-hybridized carbons (Fsp3) is 0.250. The van der Waals surface area contributed by atoms with Gasteiger partial charge in [-0.3, -0.25) is 0 Å². The number of anilines is 1. The molecule has 68 valence electrons. The molecule has 1 aromatic heterocycles. The number of rotatable bonds is 1. The molecule has 0 saturated carbocycles. The summed E-state index contributed by atoms with van der Waals surface area (Å²) >= 11 is 5.89. The maximum Gasteiger partial charge on any atom is 0.158 e. The lowest BCUT2D eigenvalue weighted by Gasteiger charge is -2.11. The Hall–Kier alpha value is -1.29. The zero-order valence-electron chi connectivity index (χ0n) is 7.28. The summed E-state index contributed by atoms with van der Waals surface area (Å²) in [5.41, 5.74) is 2.31. The smallest absolute Gasteiger partial charge is 0.158 e. The Morgan fingerprint density at radius 1 is 1.31 bits per heavy atom. The minimum Gasteiger partial charge on any atom is -0.376 e. The Morgan fingerprint density at radius 3 is 2.77 bits per heavy atom. The Balaban J connectivity index is 2.77. The minimum atomic E-state index is 0.631. The highest BCUT2D eigenvalue weighted by molar-refractivity contribution is 6.31. The lowest BCUT2D eigenvalue weighted by Crippen LogP contribution is -2.09. The number of fused-ring (bicyclic) bond motifs is 1. The fourth-order valence-corrected chi connectivity index (χ4v) is 1.39. The first-order valence-electron chi connectivity index (χ1n) is 3.77. The molecule has 2 rings (SSSR count). The van der Waals surface area contributed by atoms with Crippen molar-refractivity contribution in [3.05, 3.63) is 17.2 Å².